The van der Waals surface area contributed by atoms with E-state index in [2.05, 4.69) is 4.98 Å². The molecule has 0 spiro atoms. The summed E-state index contributed by atoms with van der Waals surface area (Å²) in [5.41, 5.74) is 7.14. The molecule has 0 radical (unpaired) electrons. The number of hydrogen-bond acceptors (Lipinski definition) is 3. The average Bonchev–Trinajstić information content (AvgIpc) is 2.39. The Bertz CT molecular complexity index is 567. The van der Waals surface area contributed by atoms with Crippen molar-refractivity contribution in [2.75, 3.05) is 6.61 Å². The molecule has 0 aliphatic heterocycles. The Morgan fingerprint density at radius 3 is 2.89 bits per heavy atom. The molecule has 4 nitrogen and oxygen atoms in total. The summed E-state index contributed by atoms with van der Waals surface area (Å²) in [6, 6.07) is 10.8. The molecule has 0 saturated carbocycles. The Kier molecular flexibility index (Phi) is 3.57. The van der Waals surface area contributed by atoms with Crippen LogP contribution in [0.5, 0.6) is 5.75 Å². The molecule has 4 heteroatoms. The van der Waals surface area contributed by atoms with Crippen LogP contribution in [0.2, 0.25) is 0 Å². The Labute approximate surface area is 105 Å². The van der Waals surface area contributed by atoms with Gasteiger partial charge in [0.2, 0.25) is 0 Å². The molecule has 0 fully saturated rings. The van der Waals surface area contributed by atoms with Gasteiger partial charge in [-0.15, -0.1) is 0 Å². The third-order valence-electron chi connectivity index (χ3n) is 2.49. The van der Waals surface area contributed by atoms with E-state index in [-0.39, 0.29) is 0 Å². The van der Waals surface area contributed by atoms with Crippen molar-refractivity contribution in [2.45, 2.75) is 6.92 Å². The summed E-state index contributed by atoms with van der Waals surface area (Å²) in [6.07, 6.45) is 1.63. The molecule has 1 aromatic heterocycles. The van der Waals surface area contributed by atoms with E-state index < -0.39 is 5.91 Å². The summed E-state index contributed by atoms with van der Waals surface area (Å²) in [6.45, 7) is 2.51. The van der Waals surface area contributed by atoms with Crippen LogP contribution < -0.4 is 10.5 Å². The highest BCUT2D eigenvalue weighted by molar-refractivity contribution is 5.98. The van der Waals surface area contributed by atoms with Gasteiger partial charge in [0.05, 0.1) is 17.9 Å². The van der Waals surface area contributed by atoms with Crippen LogP contribution in [0.15, 0.2) is 42.6 Å². The number of carbonyl (C=O) groups excluding carboxylic acids is 1. The minimum absolute atomic E-state index is 0.408. The summed E-state index contributed by atoms with van der Waals surface area (Å²) < 4.78 is 5.42. The quantitative estimate of drug-likeness (QED) is 0.894. The number of primary amides is 1. The van der Waals surface area contributed by atoms with Crippen molar-refractivity contribution >= 4 is 5.91 Å². The number of aromatic nitrogens is 1. The van der Waals surface area contributed by atoms with Crippen LogP contribution in [-0.2, 0) is 0 Å². The second kappa shape index (κ2) is 5.31. The lowest BCUT2D eigenvalue weighted by Crippen LogP contribution is -2.13. The fourth-order valence-corrected chi connectivity index (χ4v) is 1.73. The van der Waals surface area contributed by atoms with Gasteiger partial charge in [-0.3, -0.25) is 9.78 Å². The summed E-state index contributed by atoms with van der Waals surface area (Å²) >= 11 is 0. The zero-order chi connectivity index (χ0) is 13.0. The van der Waals surface area contributed by atoms with E-state index in [4.69, 9.17) is 10.5 Å². The first-order valence-electron chi connectivity index (χ1n) is 5.70. The number of nitrogens with zero attached hydrogens (tertiary/aromatic N) is 1. The van der Waals surface area contributed by atoms with Gasteiger partial charge in [0.1, 0.15) is 5.75 Å². The minimum atomic E-state index is -0.486. The molecule has 2 N–H and O–H groups in total. The fraction of sp³-hybridized carbons (Fsp3) is 0.143. The van der Waals surface area contributed by atoms with Crippen molar-refractivity contribution in [3.05, 3.63) is 48.2 Å². The van der Waals surface area contributed by atoms with Gasteiger partial charge in [0, 0.05) is 11.8 Å². The standard InChI is InChI=1S/C14H14N2O2/c1-2-18-11-6-3-5-10(9-11)13-12(14(15)17)7-4-8-16-13/h3-9H,2H2,1H3,(H2,15,17). The van der Waals surface area contributed by atoms with Crippen molar-refractivity contribution in [3.63, 3.8) is 0 Å². The smallest absolute Gasteiger partial charge is 0.250 e. The number of amides is 1. The maximum absolute atomic E-state index is 11.4. The van der Waals surface area contributed by atoms with Crippen LogP contribution in [-0.4, -0.2) is 17.5 Å². The van der Waals surface area contributed by atoms with Gasteiger partial charge < -0.3 is 10.5 Å². The first-order valence-corrected chi connectivity index (χ1v) is 5.70. The molecule has 0 atom stereocenters. The van der Waals surface area contributed by atoms with E-state index in [9.17, 15) is 4.79 Å². The van der Waals surface area contributed by atoms with Crippen LogP contribution >= 0.6 is 0 Å². The van der Waals surface area contributed by atoms with Gasteiger partial charge in [-0.25, -0.2) is 0 Å². The monoisotopic (exact) mass is 242 g/mol. The van der Waals surface area contributed by atoms with E-state index in [1.165, 1.54) is 0 Å². The van der Waals surface area contributed by atoms with E-state index in [0.29, 0.717) is 17.9 Å². The van der Waals surface area contributed by atoms with Gasteiger partial charge >= 0.3 is 0 Å². The average molecular weight is 242 g/mol. The zero-order valence-electron chi connectivity index (χ0n) is 10.1. The number of nitrogens with two attached hydrogens (primary N) is 1. The molecule has 1 amide bonds. The molecule has 0 aliphatic rings. The molecule has 0 aliphatic carbocycles. The number of benzene rings is 1. The normalized spacial score (nSPS) is 10.1. The van der Waals surface area contributed by atoms with E-state index in [1.54, 1.807) is 18.3 Å². The van der Waals surface area contributed by atoms with Crippen LogP contribution in [0.4, 0.5) is 0 Å². The topological polar surface area (TPSA) is 65.2 Å². The lowest BCUT2D eigenvalue weighted by Gasteiger charge is -2.08. The number of ether oxygens (including phenoxy) is 1. The van der Waals surface area contributed by atoms with Crippen molar-refractivity contribution in [3.8, 4) is 17.0 Å². The third kappa shape index (κ3) is 2.48. The van der Waals surface area contributed by atoms with Crippen LogP contribution in [0.25, 0.3) is 11.3 Å². The molecule has 92 valence electrons. The van der Waals surface area contributed by atoms with E-state index in [0.717, 1.165) is 11.3 Å². The summed E-state index contributed by atoms with van der Waals surface area (Å²) in [7, 11) is 0. The Morgan fingerprint density at radius 1 is 1.33 bits per heavy atom. The zero-order valence-corrected chi connectivity index (χ0v) is 10.1. The second-order valence-corrected chi connectivity index (χ2v) is 3.72. The van der Waals surface area contributed by atoms with Crippen molar-refractivity contribution < 1.29 is 9.53 Å². The number of carbonyl (C=O) groups is 1. The summed E-state index contributed by atoms with van der Waals surface area (Å²) in [5.74, 6) is 0.260. The first kappa shape index (κ1) is 12.1. The lowest BCUT2D eigenvalue weighted by molar-refractivity contribution is 0.100. The summed E-state index contributed by atoms with van der Waals surface area (Å²) in [5, 5.41) is 0. The number of pyridine rings is 1. The highest BCUT2D eigenvalue weighted by Crippen LogP contribution is 2.24. The fourth-order valence-electron chi connectivity index (χ4n) is 1.73. The molecule has 2 aromatic rings. The van der Waals surface area contributed by atoms with Gasteiger partial charge in [0.25, 0.3) is 5.91 Å². The molecular weight excluding hydrogens is 228 g/mol. The van der Waals surface area contributed by atoms with Crippen LogP contribution in [0.1, 0.15) is 17.3 Å². The second-order valence-electron chi connectivity index (χ2n) is 3.72. The van der Waals surface area contributed by atoms with Crippen LogP contribution in [0, 0.1) is 0 Å². The maximum atomic E-state index is 11.4. The third-order valence-corrected chi connectivity index (χ3v) is 2.49. The van der Waals surface area contributed by atoms with Gasteiger partial charge in [-0.05, 0) is 31.2 Å². The Balaban J connectivity index is 2.48. The largest absolute Gasteiger partial charge is 0.494 e. The van der Waals surface area contributed by atoms with Crippen LogP contribution in [0.3, 0.4) is 0 Å². The summed E-state index contributed by atoms with van der Waals surface area (Å²) in [4.78, 5) is 15.6. The SMILES string of the molecule is CCOc1cccc(-c2ncccc2C(N)=O)c1. The molecule has 0 unspecified atom stereocenters. The van der Waals surface area contributed by atoms with Gasteiger partial charge in [-0.1, -0.05) is 12.1 Å². The Hall–Kier alpha value is -2.36. The molecule has 2 rings (SSSR count). The van der Waals surface area contributed by atoms with E-state index >= 15 is 0 Å². The number of hydrogen-bond donors (Lipinski definition) is 1. The van der Waals surface area contributed by atoms with Gasteiger partial charge in [-0.2, -0.15) is 0 Å². The molecule has 0 saturated heterocycles. The molecule has 1 aromatic carbocycles. The van der Waals surface area contributed by atoms with E-state index in [1.807, 2.05) is 31.2 Å². The molecular formula is C14H14N2O2. The maximum Gasteiger partial charge on any atom is 0.250 e. The van der Waals surface area contributed by atoms with Crippen molar-refractivity contribution in [2.24, 2.45) is 5.73 Å². The predicted molar refractivity (Wildman–Crippen MR) is 69.4 cm³/mol. The van der Waals surface area contributed by atoms with Crippen molar-refractivity contribution in [1.29, 1.82) is 0 Å². The van der Waals surface area contributed by atoms with Gasteiger partial charge in [0.15, 0.2) is 0 Å². The Morgan fingerprint density at radius 2 is 2.17 bits per heavy atom. The van der Waals surface area contributed by atoms with Crippen molar-refractivity contribution in [1.82, 2.24) is 4.98 Å². The predicted octanol–water partition coefficient (Wildman–Crippen LogP) is 2.25. The highest BCUT2D eigenvalue weighted by atomic mass is 16.5. The first-order chi connectivity index (χ1) is 8.72. The highest BCUT2D eigenvalue weighted by Gasteiger charge is 2.11. The lowest BCUT2D eigenvalue weighted by atomic mass is 10.1. The minimum Gasteiger partial charge on any atom is -0.494 e. The molecule has 0 bridgehead atoms. The molecule has 18 heavy (non-hydrogen) atoms. The molecule has 1 heterocycles. The number of rotatable bonds is 4.